The first-order chi connectivity index (χ1) is 17.4. The Morgan fingerprint density at radius 3 is 2.39 bits per heavy atom. The number of hydrogen-bond acceptors (Lipinski definition) is 3. The Labute approximate surface area is 213 Å². The number of para-hydroxylation sites is 2. The van der Waals surface area contributed by atoms with Crippen molar-refractivity contribution in [1.82, 2.24) is 19.8 Å². The Balaban J connectivity index is 1.46. The molecule has 0 saturated carbocycles. The molecule has 0 aliphatic heterocycles. The molecule has 0 spiro atoms. The van der Waals surface area contributed by atoms with Crippen molar-refractivity contribution >= 4 is 22.8 Å². The fourth-order valence-electron chi connectivity index (χ4n) is 4.43. The number of nitrogens with one attached hydrogen (secondary N) is 1. The van der Waals surface area contributed by atoms with Gasteiger partial charge in [-0.3, -0.25) is 9.59 Å². The highest BCUT2D eigenvalue weighted by Gasteiger charge is 2.21. The van der Waals surface area contributed by atoms with Gasteiger partial charge in [0.25, 0.3) is 5.91 Å². The van der Waals surface area contributed by atoms with Crippen LogP contribution >= 0.6 is 0 Å². The van der Waals surface area contributed by atoms with E-state index < -0.39 is 0 Å². The lowest BCUT2D eigenvalue weighted by Gasteiger charge is -2.27. The Kier molecular flexibility index (Phi) is 8.16. The van der Waals surface area contributed by atoms with Gasteiger partial charge < -0.3 is 14.8 Å². The van der Waals surface area contributed by atoms with E-state index in [1.165, 1.54) is 0 Å². The van der Waals surface area contributed by atoms with E-state index in [-0.39, 0.29) is 24.4 Å². The maximum atomic E-state index is 13.5. The average Bonchev–Trinajstić information content (AvgIpc) is 3.22. The van der Waals surface area contributed by atoms with Crippen LogP contribution in [0.2, 0.25) is 0 Å². The molecule has 1 aromatic heterocycles. The van der Waals surface area contributed by atoms with Gasteiger partial charge in [-0.2, -0.15) is 0 Å². The minimum atomic E-state index is -0.0646. The van der Waals surface area contributed by atoms with Crippen molar-refractivity contribution in [2.24, 2.45) is 0 Å². The Morgan fingerprint density at radius 2 is 1.64 bits per heavy atom. The van der Waals surface area contributed by atoms with Gasteiger partial charge in [0.15, 0.2) is 0 Å². The van der Waals surface area contributed by atoms with Crippen LogP contribution in [0.3, 0.4) is 0 Å². The first-order valence-electron chi connectivity index (χ1n) is 12.6. The van der Waals surface area contributed by atoms with E-state index in [1.54, 1.807) is 0 Å². The molecule has 0 radical (unpaired) electrons. The molecule has 0 aliphatic carbocycles. The number of carbonyl (C=O) groups excluding carboxylic acids is 2. The quantitative estimate of drug-likeness (QED) is 0.318. The molecule has 4 aromatic rings. The summed E-state index contributed by atoms with van der Waals surface area (Å²) in [7, 11) is 0. The third-order valence-electron chi connectivity index (χ3n) is 6.42. The van der Waals surface area contributed by atoms with Crippen molar-refractivity contribution < 1.29 is 9.59 Å². The number of nitrogens with zero attached hydrogens (tertiary/aromatic N) is 3. The Morgan fingerprint density at radius 1 is 0.944 bits per heavy atom. The molecule has 6 nitrogen and oxygen atoms in total. The molecule has 3 aromatic carbocycles. The van der Waals surface area contributed by atoms with Crippen LogP contribution in [-0.4, -0.2) is 38.9 Å². The monoisotopic (exact) mass is 482 g/mol. The molecule has 2 amide bonds. The van der Waals surface area contributed by atoms with Gasteiger partial charge in [0.2, 0.25) is 5.91 Å². The lowest BCUT2D eigenvalue weighted by atomic mass is 10.1. The van der Waals surface area contributed by atoms with Crippen LogP contribution in [0, 0.1) is 6.92 Å². The number of benzene rings is 3. The third-order valence-corrected chi connectivity index (χ3v) is 6.42. The first-order valence-corrected chi connectivity index (χ1v) is 12.6. The van der Waals surface area contributed by atoms with Crippen molar-refractivity contribution in [3.05, 3.63) is 101 Å². The van der Waals surface area contributed by atoms with Crippen LogP contribution in [0.25, 0.3) is 11.0 Å². The molecule has 0 unspecified atom stereocenters. The molecule has 186 valence electrons. The summed E-state index contributed by atoms with van der Waals surface area (Å²) in [5.74, 6) is 0.856. The van der Waals surface area contributed by atoms with E-state index in [0.717, 1.165) is 34.4 Å². The van der Waals surface area contributed by atoms with Gasteiger partial charge in [0.05, 0.1) is 11.0 Å². The predicted molar refractivity (Wildman–Crippen MR) is 144 cm³/mol. The standard InChI is InChI=1S/C30H34N4O2/c1-22(2)33(20-24-13-5-4-6-14-24)29(35)21-34-27-17-10-9-16-26(27)32-28(34)18-11-19-31-30(36)25-15-8-7-12-23(25)3/h4-10,12-17,22H,11,18-21H2,1-3H3,(H,31,36). The van der Waals surface area contributed by atoms with Crippen molar-refractivity contribution in [2.75, 3.05) is 6.54 Å². The van der Waals surface area contributed by atoms with Crippen LogP contribution in [0.15, 0.2) is 78.9 Å². The molecule has 1 N–H and O–H groups in total. The second-order valence-electron chi connectivity index (χ2n) is 9.38. The lowest BCUT2D eigenvalue weighted by molar-refractivity contribution is -0.134. The van der Waals surface area contributed by atoms with E-state index in [2.05, 4.69) is 5.32 Å². The average molecular weight is 483 g/mol. The predicted octanol–water partition coefficient (Wildman–Crippen LogP) is 5.14. The van der Waals surface area contributed by atoms with E-state index >= 15 is 0 Å². The van der Waals surface area contributed by atoms with Gasteiger partial charge >= 0.3 is 0 Å². The number of imidazole rings is 1. The first kappa shape index (κ1) is 25.2. The van der Waals surface area contributed by atoms with E-state index in [9.17, 15) is 9.59 Å². The number of aromatic nitrogens is 2. The molecule has 0 fully saturated rings. The summed E-state index contributed by atoms with van der Waals surface area (Å²) < 4.78 is 2.03. The Bertz CT molecular complexity index is 1330. The van der Waals surface area contributed by atoms with Gasteiger partial charge in [-0.1, -0.05) is 60.7 Å². The number of aryl methyl sites for hydroxylation is 2. The van der Waals surface area contributed by atoms with Crippen LogP contribution in [-0.2, 0) is 24.3 Å². The van der Waals surface area contributed by atoms with Crippen LogP contribution in [0.5, 0.6) is 0 Å². The second kappa shape index (κ2) is 11.7. The minimum absolute atomic E-state index is 0.0612. The molecule has 6 heteroatoms. The van der Waals surface area contributed by atoms with Crippen molar-refractivity contribution in [3.63, 3.8) is 0 Å². The summed E-state index contributed by atoms with van der Waals surface area (Å²) >= 11 is 0. The molecule has 0 saturated heterocycles. The highest BCUT2D eigenvalue weighted by molar-refractivity contribution is 5.95. The van der Waals surface area contributed by atoms with E-state index in [0.29, 0.717) is 25.1 Å². The molecular formula is C30H34N4O2. The van der Waals surface area contributed by atoms with Gasteiger partial charge in [-0.05, 0) is 56.5 Å². The normalized spacial score (nSPS) is 11.1. The number of fused-ring (bicyclic) bond motifs is 1. The summed E-state index contributed by atoms with van der Waals surface area (Å²) in [6.07, 6.45) is 1.39. The summed E-state index contributed by atoms with van der Waals surface area (Å²) in [5, 5.41) is 3.01. The zero-order valence-corrected chi connectivity index (χ0v) is 21.3. The van der Waals surface area contributed by atoms with Crippen LogP contribution in [0.1, 0.15) is 47.6 Å². The topological polar surface area (TPSA) is 67.2 Å². The summed E-state index contributed by atoms with van der Waals surface area (Å²) in [6, 6.07) is 25.7. The van der Waals surface area contributed by atoms with Crippen molar-refractivity contribution in [2.45, 2.75) is 52.7 Å². The second-order valence-corrected chi connectivity index (χ2v) is 9.38. The number of carbonyl (C=O) groups is 2. The van der Waals surface area contributed by atoms with Gasteiger partial charge in [0, 0.05) is 31.1 Å². The summed E-state index contributed by atoms with van der Waals surface area (Å²) in [4.78, 5) is 32.8. The highest BCUT2D eigenvalue weighted by atomic mass is 16.2. The number of rotatable bonds is 10. The fourth-order valence-corrected chi connectivity index (χ4v) is 4.43. The molecule has 4 rings (SSSR count). The third kappa shape index (κ3) is 6.00. The van der Waals surface area contributed by atoms with Crippen molar-refractivity contribution in [1.29, 1.82) is 0 Å². The molecule has 0 atom stereocenters. The van der Waals surface area contributed by atoms with Gasteiger partial charge in [0.1, 0.15) is 12.4 Å². The zero-order valence-electron chi connectivity index (χ0n) is 21.3. The maximum absolute atomic E-state index is 13.5. The minimum Gasteiger partial charge on any atom is -0.352 e. The zero-order chi connectivity index (χ0) is 25.5. The Hall–Kier alpha value is -3.93. The van der Waals surface area contributed by atoms with Crippen LogP contribution < -0.4 is 5.32 Å². The molecular weight excluding hydrogens is 448 g/mol. The number of hydrogen-bond donors (Lipinski definition) is 1. The highest BCUT2D eigenvalue weighted by Crippen LogP contribution is 2.19. The largest absolute Gasteiger partial charge is 0.352 e. The lowest BCUT2D eigenvalue weighted by Crippen LogP contribution is -2.38. The maximum Gasteiger partial charge on any atom is 0.251 e. The van der Waals surface area contributed by atoms with Gasteiger partial charge in [-0.25, -0.2) is 4.98 Å². The fraction of sp³-hybridized carbons (Fsp3) is 0.300. The number of amides is 2. The van der Waals surface area contributed by atoms with Crippen LogP contribution in [0.4, 0.5) is 0 Å². The van der Waals surface area contributed by atoms with E-state index in [4.69, 9.17) is 4.98 Å². The van der Waals surface area contributed by atoms with Crippen molar-refractivity contribution in [3.8, 4) is 0 Å². The SMILES string of the molecule is Cc1ccccc1C(=O)NCCCc1nc2ccccc2n1CC(=O)N(Cc1ccccc1)C(C)C. The van der Waals surface area contributed by atoms with E-state index in [1.807, 2.05) is 109 Å². The summed E-state index contributed by atoms with van der Waals surface area (Å²) in [5.41, 5.74) is 4.60. The molecule has 36 heavy (non-hydrogen) atoms. The summed E-state index contributed by atoms with van der Waals surface area (Å²) in [6.45, 7) is 7.37. The molecule has 0 aliphatic rings. The smallest absolute Gasteiger partial charge is 0.251 e. The molecule has 1 heterocycles. The van der Waals surface area contributed by atoms with Gasteiger partial charge in [-0.15, -0.1) is 0 Å². The molecule has 0 bridgehead atoms.